The molecule has 772 valence electrons. The number of fused-ring (bicyclic) bond motifs is 10. The Morgan fingerprint density at radius 2 is 0.685 bits per heavy atom. The first-order valence-corrected chi connectivity index (χ1v) is 41.9. The number of aliphatic hydroxyl groups excluding tert-OH is 1. The van der Waals surface area contributed by atoms with Crippen molar-refractivity contribution in [3.05, 3.63) is 145 Å². The summed E-state index contributed by atoms with van der Waals surface area (Å²) in [4.78, 5) is 238. The molecule has 143 heavy (non-hydrogen) atoms. The van der Waals surface area contributed by atoms with E-state index in [1.165, 1.54) is 58.3 Å². The van der Waals surface area contributed by atoms with Gasteiger partial charge in [0.05, 0.1) is 49.8 Å². The van der Waals surface area contributed by atoms with Gasteiger partial charge in [-0.25, -0.2) is 75.1 Å². The number of halogens is 6. The molecule has 3 unspecified atom stereocenters. The molecule has 16 amide bonds. The molecular formula is C90H110BrF5K2N12O33. The molecule has 5 atom stereocenters. The van der Waals surface area contributed by atoms with Crippen LogP contribution in [0.4, 0.5) is 84.0 Å². The van der Waals surface area contributed by atoms with Gasteiger partial charge in [-0.15, -0.1) is 0 Å². The number of rotatable bonds is 14. The Labute approximate surface area is 911 Å². The number of esters is 5. The third kappa shape index (κ3) is 28.5. The number of anilines is 5. The van der Waals surface area contributed by atoms with Crippen LogP contribution in [0.2, 0.25) is 0 Å². The number of alkyl halides is 1. The second kappa shape index (κ2) is 52.7. The van der Waals surface area contributed by atoms with E-state index in [4.69, 9.17) is 54.1 Å². The van der Waals surface area contributed by atoms with Crippen LogP contribution in [0.1, 0.15) is 174 Å². The molecule has 45 nitrogen and oxygen atoms in total. The molecule has 0 radical (unpaired) electrons. The fraction of sp³-hybridized carbons (Fsp3) is 0.444. The maximum absolute atomic E-state index is 14.4. The maximum Gasteiger partial charge on any atom is 1.00 e. The summed E-state index contributed by atoms with van der Waals surface area (Å²) in [6, 6.07) is 11.4. The number of aryl methyl sites for hydroxylation is 5. The second-order valence-electron chi connectivity index (χ2n) is 32.5. The summed E-state index contributed by atoms with van der Waals surface area (Å²) in [6.07, 6.45) is -1.99. The van der Waals surface area contributed by atoms with Crippen LogP contribution >= 0.6 is 15.9 Å². The van der Waals surface area contributed by atoms with Crippen molar-refractivity contribution in [1.82, 2.24) is 35.6 Å². The van der Waals surface area contributed by atoms with E-state index >= 15 is 0 Å². The first-order chi connectivity index (χ1) is 64.2. The van der Waals surface area contributed by atoms with Crippen LogP contribution in [0.25, 0.3) is 0 Å². The second-order valence-corrected chi connectivity index (χ2v) is 33.1. The molecule has 5 spiro atoms. The smallest absolute Gasteiger partial charge is 1.00 e. The molecule has 0 bridgehead atoms. The molecule has 15 rings (SSSR count). The van der Waals surface area contributed by atoms with Crippen LogP contribution in [0.3, 0.4) is 0 Å². The summed E-state index contributed by atoms with van der Waals surface area (Å²) < 4.78 is 120. The molecule has 5 aliphatic heterocycles. The Hall–Kier alpha value is -11.8. The number of urea groups is 2. The summed E-state index contributed by atoms with van der Waals surface area (Å²) in [5.41, 5.74) is 0.640. The van der Waals surface area contributed by atoms with Gasteiger partial charge < -0.3 is 102 Å². The summed E-state index contributed by atoms with van der Waals surface area (Å²) in [7, 11) is 7.19. The Bertz CT molecular complexity index is 5670. The van der Waals surface area contributed by atoms with Crippen LogP contribution in [0, 0.1) is 29.1 Å². The van der Waals surface area contributed by atoms with Gasteiger partial charge in [-0.05, 0) is 162 Å². The van der Waals surface area contributed by atoms with Gasteiger partial charge in [-0.3, -0.25) is 67.6 Å². The predicted octanol–water partition coefficient (Wildman–Crippen LogP) is 2.31. The van der Waals surface area contributed by atoms with Crippen LogP contribution in [0.15, 0.2) is 60.7 Å². The van der Waals surface area contributed by atoms with Gasteiger partial charge in [-0.1, -0.05) is 45.6 Å². The number of nitrogens with zero attached hydrogens (tertiary/aromatic N) is 4. The van der Waals surface area contributed by atoms with E-state index in [0.717, 1.165) is 58.8 Å². The largest absolute Gasteiger partial charge is 1.00 e. The maximum atomic E-state index is 14.4. The van der Waals surface area contributed by atoms with Gasteiger partial charge in [0.2, 0.25) is 39.8 Å². The number of carbonyl (C=O) groups is 20. The van der Waals surface area contributed by atoms with E-state index in [-0.39, 0.29) is 246 Å². The third-order valence-electron chi connectivity index (χ3n) is 21.4. The molecular weight excluding hydrogens is 2030 g/mol. The van der Waals surface area contributed by atoms with Crippen LogP contribution in [0.5, 0.6) is 0 Å². The van der Waals surface area contributed by atoms with E-state index < -0.39 is 191 Å². The minimum Gasteiger partial charge on any atom is -1.00 e. The standard InChI is InChI=1S/C19H21FN2O6.2C16H16FN3O6.C14H13FN2O5.C13H11FN2O4.C6H11BrO2.CH2O3.CH4O.4CH4.2K.H/c1-10(23)21-14-7-11-5-6-19(12(11)8-13(14)20)16(25)22(17(26)28-19)9-15(24)27-18(2,3)4;2*1-18-14(23)19-11-5-8-3-4-16(9(8)6-10(11)17)13(22)20(15(24)26-16)7-12(21)25-2;1-21-11(18)6-17-12(19)14(22-13(17)20)3-2-7-4-10(16)9(15)5-8(7)14;1-6(17)15-10-4-7-2-3-13(8(7)5-9(10)14)11(18)16-12(19)20-13;1-6(2,3)9-5(8)4-7;2-1-4-3;1-2;;;;;;;/h7-8H,5-6,9H2,1-4H3,(H,21,23);2*5-6H,3-4,7H2,1-2H3,(H2,18,19,23);4-5H,2-3,6,16H2,1H3;4-5H,2-3H2,1H3,(H,15,17)(H,16,18,19);4H2,1-3H3;1,3H;2H,1H3;4*1H4;;;/q;;;;;;;;;;;;2*+1;-1/p-1/t;2*16-;;;;;;;;;;;;/m.10............/s1. The average Bonchev–Trinajstić information content (AvgIpc) is 1.57. The molecule has 10 N–H and O–H groups in total. The number of hydrogen-bond acceptors (Lipinski definition) is 34. The number of ether oxygens (including phenoxy) is 10. The summed E-state index contributed by atoms with van der Waals surface area (Å²) >= 11 is 2.99. The molecule has 5 aromatic rings. The van der Waals surface area contributed by atoms with Crippen molar-refractivity contribution in [2.24, 2.45) is 0 Å². The molecule has 0 saturated carbocycles. The molecule has 0 aromatic heterocycles. The van der Waals surface area contributed by atoms with Crippen LogP contribution in [-0.4, -0.2) is 230 Å². The Kier molecular flexibility index (Phi) is 46.9. The molecule has 10 aliphatic rings. The van der Waals surface area contributed by atoms with Crippen LogP contribution < -0.4 is 151 Å². The minimum atomic E-state index is -1.66. The number of amides is 16. The molecule has 5 aliphatic carbocycles. The number of nitrogens with one attached hydrogen (secondary N) is 7. The summed E-state index contributed by atoms with van der Waals surface area (Å²) in [5, 5.41) is 31.8. The zero-order valence-electron chi connectivity index (χ0n) is 78.6. The Balaban J connectivity index is 0.000000860. The number of nitrogen functional groups attached to an aromatic ring is 1. The quantitative estimate of drug-likeness (QED) is 0.00886. The topological polar surface area (TPSA) is 609 Å². The van der Waals surface area contributed by atoms with Crippen molar-refractivity contribution in [2.45, 2.75) is 189 Å². The minimum absolute atomic E-state index is 0. The van der Waals surface area contributed by atoms with Crippen molar-refractivity contribution < 1.29 is 285 Å². The SMILES string of the molecule is C.C.C.C.CC(=O)Nc1cc2c(cc1F)C1(CC2)OC(=O)N(CC(=O)OC(C)(C)C)C1=O.CC(=O)Nc1cc2c(cc1F)C1(CC2)OC(=O)NC1=O.CC(C)(C)OC(=O)CBr.CNC(=O)Nc1cc2c(cc1F)[C@@]1(CC2)OC(=O)N(CC(=O)OC)C1=O.CNC(=O)Nc1cc2c(cc1F)[C@]1(CC2)OC(=O)N(CC(=O)OC)C1=O.CO.COC(=O)CN1C(=O)OC2(CCc3cc(N)c(F)cc32)C1=O.O=CO[O-].[H-].[K+].[K+]. The van der Waals surface area contributed by atoms with E-state index in [1.54, 1.807) is 20.8 Å². The zero-order valence-corrected chi connectivity index (χ0v) is 85.4. The van der Waals surface area contributed by atoms with Crippen molar-refractivity contribution in [3.8, 4) is 0 Å². The first kappa shape index (κ1) is 127. The van der Waals surface area contributed by atoms with E-state index in [9.17, 15) is 113 Å². The number of imide groups is 5. The summed E-state index contributed by atoms with van der Waals surface area (Å²) in [6.45, 7) is 10.6. The number of nitrogens with two attached hydrogens (primary N) is 1. The Morgan fingerprint density at radius 1 is 0.441 bits per heavy atom. The normalized spacial score (nSPS) is 19.4. The molecule has 5 heterocycles. The average molecular weight is 2140 g/mol. The fourth-order valence-electron chi connectivity index (χ4n) is 15.7. The molecule has 5 fully saturated rings. The van der Waals surface area contributed by atoms with Gasteiger partial charge in [-0.2, -0.15) is 0 Å². The first-order valence-electron chi connectivity index (χ1n) is 40.8. The van der Waals surface area contributed by atoms with Crippen molar-refractivity contribution >= 4 is 165 Å². The van der Waals surface area contributed by atoms with Crippen molar-refractivity contribution in [3.63, 3.8) is 0 Å². The van der Waals surface area contributed by atoms with Gasteiger partial charge in [0.25, 0.3) is 36.0 Å². The molecule has 53 heteroatoms. The van der Waals surface area contributed by atoms with Gasteiger partial charge in [0, 0.05) is 95.0 Å². The van der Waals surface area contributed by atoms with Crippen LogP contribution in [-0.2, 0) is 175 Å². The van der Waals surface area contributed by atoms with E-state index in [1.807, 2.05) is 20.8 Å². The molecule has 5 aromatic carbocycles. The predicted molar refractivity (Wildman–Crippen MR) is 483 cm³/mol. The molecule has 5 saturated heterocycles. The third-order valence-corrected chi connectivity index (χ3v) is 21.9. The number of aliphatic hydroxyl groups is 1. The number of carbonyl (C=O) groups excluding carboxylic acids is 20. The monoisotopic (exact) mass is 2140 g/mol. The van der Waals surface area contributed by atoms with E-state index in [2.05, 4.69) is 72.2 Å². The van der Waals surface area contributed by atoms with Gasteiger partial charge >= 0.3 is 175 Å². The van der Waals surface area contributed by atoms with Gasteiger partial charge in [0.1, 0.15) is 71.8 Å². The number of benzene rings is 5. The van der Waals surface area contributed by atoms with Crippen molar-refractivity contribution in [1.29, 1.82) is 0 Å². The van der Waals surface area contributed by atoms with Crippen molar-refractivity contribution in [2.75, 3.05) is 101 Å². The fourth-order valence-corrected chi connectivity index (χ4v) is 15.8. The number of hydrogen-bond donors (Lipinski definition) is 9. The Morgan fingerprint density at radius 3 is 0.916 bits per heavy atom. The number of alkyl carbamates (subject to hydrolysis) is 1. The van der Waals surface area contributed by atoms with E-state index in [0.29, 0.717) is 85.1 Å². The zero-order chi connectivity index (χ0) is 102. The van der Waals surface area contributed by atoms with Gasteiger partial charge in [0.15, 0.2) is 0 Å². The summed E-state index contributed by atoms with van der Waals surface area (Å²) in [5.74, 6) is -11.2. The number of methoxy groups -OCH3 is 3.